The van der Waals surface area contributed by atoms with Crippen LogP contribution in [-0.4, -0.2) is 65.6 Å². The largest absolute Gasteiger partial charge is 0.374 e. The van der Waals surface area contributed by atoms with Crippen molar-refractivity contribution in [3.63, 3.8) is 0 Å². The lowest BCUT2D eigenvalue weighted by Crippen LogP contribution is -2.50. The molecule has 1 saturated heterocycles. The molecule has 0 aromatic carbocycles. The average Bonchev–Trinajstić information content (AvgIpc) is 2.97. The highest BCUT2D eigenvalue weighted by Crippen LogP contribution is 2.07. The molecular formula is C16H29N5O2. The zero-order valence-electron chi connectivity index (χ0n) is 14.4. The number of nitrogens with one attached hydrogen (secondary N) is 2. The second kappa shape index (κ2) is 8.88. The molecule has 2 N–H and O–H groups in total. The van der Waals surface area contributed by atoms with Crippen molar-refractivity contribution in [2.24, 2.45) is 5.92 Å². The van der Waals surface area contributed by atoms with Gasteiger partial charge in [0.05, 0.1) is 19.3 Å². The summed E-state index contributed by atoms with van der Waals surface area (Å²) in [7, 11) is 0. The number of urea groups is 1. The monoisotopic (exact) mass is 323 g/mol. The van der Waals surface area contributed by atoms with Crippen LogP contribution < -0.4 is 10.6 Å². The Morgan fingerprint density at radius 1 is 1.39 bits per heavy atom. The maximum absolute atomic E-state index is 12.0. The van der Waals surface area contributed by atoms with E-state index >= 15 is 0 Å². The van der Waals surface area contributed by atoms with Crippen LogP contribution in [0, 0.1) is 5.92 Å². The quantitative estimate of drug-likeness (QED) is 0.783. The fourth-order valence-corrected chi connectivity index (χ4v) is 2.80. The van der Waals surface area contributed by atoms with E-state index in [0.717, 1.165) is 26.2 Å². The van der Waals surface area contributed by atoms with Crippen LogP contribution in [0.15, 0.2) is 18.5 Å². The van der Waals surface area contributed by atoms with Gasteiger partial charge in [0.1, 0.15) is 0 Å². The van der Waals surface area contributed by atoms with E-state index in [-0.39, 0.29) is 18.2 Å². The lowest BCUT2D eigenvalue weighted by atomic mass is 10.2. The summed E-state index contributed by atoms with van der Waals surface area (Å²) in [6.45, 7) is 11.3. The Kier molecular flexibility index (Phi) is 6.85. The summed E-state index contributed by atoms with van der Waals surface area (Å²) >= 11 is 0. The summed E-state index contributed by atoms with van der Waals surface area (Å²) in [6.07, 6.45) is 3.68. The van der Waals surface area contributed by atoms with Gasteiger partial charge in [-0.25, -0.2) is 4.79 Å². The number of hydrogen-bond donors (Lipinski definition) is 2. The van der Waals surface area contributed by atoms with Gasteiger partial charge >= 0.3 is 6.03 Å². The summed E-state index contributed by atoms with van der Waals surface area (Å²) in [6, 6.07) is 1.73. The molecule has 23 heavy (non-hydrogen) atoms. The molecular weight excluding hydrogens is 294 g/mol. The number of ether oxygens (including phenoxy) is 1. The van der Waals surface area contributed by atoms with Crippen LogP contribution in [0.1, 0.15) is 20.8 Å². The van der Waals surface area contributed by atoms with E-state index < -0.39 is 0 Å². The number of rotatable bonds is 7. The smallest absolute Gasteiger partial charge is 0.315 e. The van der Waals surface area contributed by atoms with Gasteiger partial charge in [-0.05, 0) is 18.9 Å². The first-order chi connectivity index (χ1) is 11.0. The standard InChI is InChI=1S/C16H29N5O2/c1-13(2)10-20-7-8-23-15(12-20)9-17-16(22)19-14(3)11-21-6-4-5-18-21/h4-6,13-15H,7-12H2,1-3H3,(H2,17,19,22)/t14-,15-/m1/s1. The highest BCUT2D eigenvalue weighted by atomic mass is 16.5. The maximum atomic E-state index is 12.0. The van der Waals surface area contributed by atoms with Crippen molar-refractivity contribution in [2.45, 2.75) is 39.5 Å². The Morgan fingerprint density at radius 2 is 2.22 bits per heavy atom. The van der Waals surface area contributed by atoms with E-state index in [4.69, 9.17) is 4.74 Å². The van der Waals surface area contributed by atoms with Crippen molar-refractivity contribution in [2.75, 3.05) is 32.8 Å². The topological polar surface area (TPSA) is 71.4 Å². The molecule has 7 nitrogen and oxygen atoms in total. The molecule has 0 bridgehead atoms. The third kappa shape index (κ3) is 6.58. The van der Waals surface area contributed by atoms with Crippen LogP contribution in [0.3, 0.4) is 0 Å². The van der Waals surface area contributed by atoms with Gasteiger partial charge in [-0.1, -0.05) is 13.8 Å². The zero-order chi connectivity index (χ0) is 16.7. The van der Waals surface area contributed by atoms with Gasteiger partial charge in [0, 0.05) is 44.6 Å². The molecule has 1 aromatic rings. The number of carbonyl (C=O) groups excluding carboxylic acids is 1. The average molecular weight is 323 g/mol. The number of nitrogens with zero attached hydrogens (tertiary/aromatic N) is 3. The molecule has 2 heterocycles. The van der Waals surface area contributed by atoms with Crippen LogP contribution in [-0.2, 0) is 11.3 Å². The molecule has 1 fully saturated rings. The molecule has 1 aliphatic rings. The van der Waals surface area contributed by atoms with Gasteiger partial charge in [0.25, 0.3) is 0 Å². The van der Waals surface area contributed by atoms with E-state index in [9.17, 15) is 4.79 Å². The number of aromatic nitrogens is 2. The molecule has 1 aromatic heterocycles. The van der Waals surface area contributed by atoms with Gasteiger partial charge < -0.3 is 15.4 Å². The van der Waals surface area contributed by atoms with E-state index in [1.165, 1.54) is 0 Å². The van der Waals surface area contributed by atoms with Crippen molar-refractivity contribution in [3.05, 3.63) is 18.5 Å². The number of hydrogen-bond acceptors (Lipinski definition) is 4. The summed E-state index contributed by atoms with van der Waals surface area (Å²) in [5.74, 6) is 0.646. The highest BCUT2D eigenvalue weighted by molar-refractivity contribution is 5.74. The van der Waals surface area contributed by atoms with Crippen molar-refractivity contribution >= 4 is 6.03 Å². The van der Waals surface area contributed by atoms with Gasteiger partial charge in [-0.3, -0.25) is 9.58 Å². The number of amides is 2. The third-order valence-electron chi connectivity index (χ3n) is 3.73. The van der Waals surface area contributed by atoms with Gasteiger partial charge in [0.2, 0.25) is 0 Å². The number of morpholine rings is 1. The first-order valence-electron chi connectivity index (χ1n) is 8.38. The molecule has 2 rings (SSSR count). The highest BCUT2D eigenvalue weighted by Gasteiger charge is 2.21. The van der Waals surface area contributed by atoms with E-state index in [1.54, 1.807) is 10.9 Å². The fraction of sp³-hybridized carbons (Fsp3) is 0.750. The van der Waals surface area contributed by atoms with Crippen LogP contribution in [0.2, 0.25) is 0 Å². The molecule has 130 valence electrons. The molecule has 0 spiro atoms. The lowest BCUT2D eigenvalue weighted by Gasteiger charge is -2.34. The second-order valence-electron chi connectivity index (χ2n) is 6.63. The molecule has 0 aliphatic carbocycles. The van der Waals surface area contributed by atoms with E-state index in [2.05, 4.69) is 34.5 Å². The van der Waals surface area contributed by atoms with Gasteiger partial charge in [-0.15, -0.1) is 0 Å². The van der Waals surface area contributed by atoms with E-state index in [1.807, 2.05) is 19.2 Å². The Bertz CT molecular complexity index is 463. The van der Waals surface area contributed by atoms with Crippen LogP contribution in [0.4, 0.5) is 4.79 Å². The predicted octanol–water partition coefficient (Wildman–Crippen LogP) is 0.928. The summed E-state index contributed by atoms with van der Waals surface area (Å²) in [4.78, 5) is 14.4. The molecule has 7 heteroatoms. The molecule has 2 atom stereocenters. The van der Waals surface area contributed by atoms with Crippen molar-refractivity contribution in [1.29, 1.82) is 0 Å². The number of carbonyl (C=O) groups is 1. The normalized spacial score (nSPS) is 20.4. The molecule has 0 unspecified atom stereocenters. The first-order valence-corrected chi connectivity index (χ1v) is 8.38. The van der Waals surface area contributed by atoms with Crippen molar-refractivity contribution < 1.29 is 9.53 Å². The molecule has 0 saturated carbocycles. The summed E-state index contributed by atoms with van der Waals surface area (Å²) in [5, 5.41) is 9.96. The molecule has 0 radical (unpaired) electrons. The van der Waals surface area contributed by atoms with Gasteiger partial charge in [0.15, 0.2) is 0 Å². The van der Waals surface area contributed by atoms with Gasteiger partial charge in [-0.2, -0.15) is 5.10 Å². The third-order valence-corrected chi connectivity index (χ3v) is 3.73. The van der Waals surface area contributed by atoms with Crippen molar-refractivity contribution in [1.82, 2.24) is 25.3 Å². The lowest BCUT2D eigenvalue weighted by molar-refractivity contribution is -0.0290. The van der Waals surface area contributed by atoms with E-state index in [0.29, 0.717) is 19.0 Å². The SMILES string of the molecule is CC(C)CN1CCO[C@H](CNC(=O)N[C@H](C)Cn2cccn2)C1. The Balaban J connectivity index is 1.65. The Labute approximate surface area is 138 Å². The fourth-order valence-electron chi connectivity index (χ4n) is 2.80. The summed E-state index contributed by atoms with van der Waals surface area (Å²) < 4.78 is 7.54. The second-order valence-corrected chi connectivity index (χ2v) is 6.63. The minimum absolute atomic E-state index is 0.0135. The molecule has 1 aliphatic heterocycles. The minimum atomic E-state index is -0.158. The first kappa shape index (κ1) is 17.7. The predicted molar refractivity (Wildman–Crippen MR) is 89.2 cm³/mol. The molecule has 2 amide bonds. The Hall–Kier alpha value is -1.60. The van der Waals surface area contributed by atoms with Crippen molar-refractivity contribution in [3.8, 4) is 0 Å². The van der Waals surface area contributed by atoms with Crippen LogP contribution >= 0.6 is 0 Å². The van der Waals surface area contributed by atoms with Crippen LogP contribution in [0.25, 0.3) is 0 Å². The zero-order valence-corrected chi connectivity index (χ0v) is 14.4. The summed E-state index contributed by atoms with van der Waals surface area (Å²) in [5.41, 5.74) is 0. The Morgan fingerprint density at radius 3 is 2.91 bits per heavy atom. The van der Waals surface area contributed by atoms with Crippen LogP contribution in [0.5, 0.6) is 0 Å². The minimum Gasteiger partial charge on any atom is -0.374 e. The maximum Gasteiger partial charge on any atom is 0.315 e.